The van der Waals surface area contributed by atoms with Gasteiger partial charge in [0.1, 0.15) is 0 Å². The quantitative estimate of drug-likeness (QED) is 0.543. The minimum absolute atomic E-state index is 0.0415. The highest BCUT2D eigenvalue weighted by Gasteiger charge is 2.21. The van der Waals surface area contributed by atoms with E-state index >= 15 is 0 Å². The van der Waals surface area contributed by atoms with E-state index in [9.17, 15) is 13.6 Å². The Balaban J connectivity index is 1.73. The van der Waals surface area contributed by atoms with E-state index in [1.165, 1.54) is 26.4 Å². The third kappa shape index (κ3) is 4.66. The zero-order chi connectivity index (χ0) is 20.8. The third-order valence-electron chi connectivity index (χ3n) is 3.56. The number of ether oxygens (including phenoxy) is 3. The first-order valence-corrected chi connectivity index (χ1v) is 8.03. The van der Waals surface area contributed by atoms with Gasteiger partial charge in [-0.1, -0.05) is 5.16 Å². The summed E-state index contributed by atoms with van der Waals surface area (Å²) >= 11 is 0. The number of hydrogen-bond acceptors (Lipinski definition) is 9. The van der Waals surface area contributed by atoms with Crippen molar-refractivity contribution >= 4 is 11.9 Å². The molecule has 0 radical (unpaired) electrons. The molecule has 0 aliphatic heterocycles. The SMILES string of the molecule is COc1cc(C(=O)NNc2nc(-c3cccnc3)no2)cc(OC)c1OC(F)F. The summed E-state index contributed by atoms with van der Waals surface area (Å²) < 4.78 is 44.6. The van der Waals surface area contributed by atoms with Crippen LogP contribution in [0.15, 0.2) is 41.2 Å². The van der Waals surface area contributed by atoms with Gasteiger partial charge in [-0.25, -0.2) is 5.43 Å². The van der Waals surface area contributed by atoms with Crippen LogP contribution in [0.4, 0.5) is 14.8 Å². The first-order chi connectivity index (χ1) is 14.0. The van der Waals surface area contributed by atoms with Crippen LogP contribution in [0.1, 0.15) is 10.4 Å². The number of nitrogens with one attached hydrogen (secondary N) is 2. The Morgan fingerprint density at radius 1 is 1.21 bits per heavy atom. The van der Waals surface area contributed by atoms with Crippen LogP contribution in [0.25, 0.3) is 11.4 Å². The molecule has 2 heterocycles. The van der Waals surface area contributed by atoms with Gasteiger partial charge in [0.2, 0.25) is 11.6 Å². The minimum atomic E-state index is -3.09. The molecule has 0 fully saturated rings. The number of hydrazine groups is 1. The average Bonchev–Trinajstić information content (AvgIpc) is 3.21. The number of carbonyl (C=O) groups excluding carboxylic acids is 1. The Bertz CT molecular complexity index is 958. The van der Waals surface area contributed by atoms with Gasteiger partial charge in [-0.2, -0.15) is 13.8 Å². The maximum Gasteiger partial charge on any atom is 0.387 e. The van der Waals surface area contributed by atoms with Gasteiger partial charge in [0.25, 0.3) is 5.91 Å². The number of rotatable bonds is 8. The summed E-state index contributed by atoms with van der Waals surface area (Å²) in [4.78, 5) is 20.4. The summed E-state index contributed by atoms with van der Waals surface area (Å²) in [7, 11) is 2.48. The summed E-state index contributed by atoms with van der Waals surface area (Å²) in [6, 6.07) is 5.80. The van der Waals surface area contributed by atoms with E-state index in [-0.39, 0.29) is 34.7 Å². The van der Waals surface area contributed by atoms with Crippen molar-refractivity contribution in [2.75, 3.05) is 19.6 Å². The number of hydrogen-bond donors (Lipinski definition) is 2. The molecular weight excluding hydrogens is 392 g/mol. The number of aromatic nitrogens is 3. The molecule has 0 saturated carbocycles. The lowest BCUT2D eigenvalue weighted by Crippen LogP contribution is -2.29. The van der Waals surface area contributed by atoms with Crippen molar-refractivity contribution < 1.29 is 32.3 Å². The zero-order valence-corrected chi connectivity index (χ0v) is 15.2. The van der Waals surface area contributed by atoms with Gasteiger partial charge in [0, 0.05) is 23.5 Å². The van der Waals surface area contributed by atoms with Gasteiger partial charge in [-0.05, 0) is 24.3 Å². The van der Waals surface area contributed by atoms with E-state index in [1.54, 1.807) is 24.5 Å². The molecule has 3 aromatic rings. The van der Waals surface area contributed by atoms with E-state index in [1.807, 2.05) is 0 Å². The van der Waals surface area contributed by atoms with E-state index in [4.69, 9.17) is 14.0 Å². The van der Waals surface area contributed by atoms with Crippen molar-refractivity contribution in [3.63, 3.8) is 0 Å². The second-order valence-electron chi connectivity index (χ2n) is 5.33. The monoisotopic (exact) mass is 407 g/mol. The molecule has 1 aromatic carbocycles. The van der Waals surface area contributed by atoms with Crippen LogP contribution in [0.3, 0.4) is 0 Å². The van der Waals surface area contributed by atoms with E-state index in [0.29, 0.717) is 5.56 Å². The maximum atomic E-state index is 12.6. The highest BCUT2D eigenvalue weighted by Crippen LogP contribution is 2.39. The van der Waals surface area contributed by atoms with Crippen LogP contribution >= 0.6 is 0 Å². The number of carbonyl (C=O) groups is 1. The number of methoxy groups -OCH3 is 2. The van der Waals surface area contributed by atoms with E-state index in [0.717, 1.165) is 0 Å². The number of nitrogens with zero attached hydrogens (tertiary/aromatic N) is 3. The molecule has 152 valence electrons. The Morgan fingerprint density at radius 3 is 2.52 bits per heavy atom. The number of halogens is 2. The van der Waals surface area contributed by atoms with Crippen molar-refractivity contribution in [1.29, 1.82) is 0 Å². The van der Waals surface area contributed by atoms with Crippen LogP contribution < -0.4 is 25.1 Å². The molecule has 10 nitrogen and oxygen atoms in total. The lowest BCUT2D eigenvalue weighted by atomic mass is 10.1. The zero-order valence-electron chi connectivity index (χ0n) is 15.2. The topological polar surface area (TPSA) is 121 Å². The Kier molecular flexibility index (Phi) is 6.02. The van der Waals surface area contributed by atoms with E-state index in [2.05, 4.69) is 30.7 Å². The second kappa shape index (κ2) is 8.82. The number of amides is 1. The second-order valence-corrected chi connectivity index (χ2v) is 5.33. The van der Waals surface area contributed by atoms with Gasteiger partial charge in [-0.15, -0.1) is 0 Å². The van der Waals surface area contributed by atoms with Crippen molar-refractivity contribution in [2.45, 2.75) is 6.61 Å². The third-order valence-corrected chi connectivity index (χ3v) is 3.56. The van der Waals surface area contributed by atoms with Crippen LogP contribution in [0.5, 0.6) is 17.2 Å². The molecule has 0 spiro atoms. The Labute approximate surface area is 162 Å². The molecule has 0 unspecified atom stereocenters. The van der Waals surface area contributed by atoms with Gasteiger partial charge >= 0.3 is 12.6 Å². The standard InChI is InChI=1S/C17H15F2N5O5/c1-26-11-6-10(7-12(27-2)13(11)28-16(18)19)15(25)22-23-17-21-14(24-29-17)9-4-3-5-20-8-9/h3-8,16H,1-2H3,(H,22,25)(H,21,23,24). The highest BCUT2D eigenvalue weighted by atomic mass is 19.3. The number of pyridine rings is 1. The molecule has 2 N–H and O–H groups in total. The van der Waals surface area contributed by atoms with Gasteiger partial charge < -0.3 is 18.7 Å². The Hall–Kier alpha value is -3.96. The lowest BCUT2D eigenvalue weighted by Gasteiger charge is -2.15. The summed E-state index contributed by atoms with van der Waals surface area (Å²) in [5.74, 6) is -0.913. The molecule has 0 aliphatic carbocycles. The molecule has 29 heavy (non-hydrogen) atoms. The predicted molar refractivity (Wildman–Crippen MR) is 94.8 cm³/mol. The first kappa shape index (κ1) is 19.8. The highest BCUT2D eigenvalue weighted by molar-refractivity contribution is 5.96. The van der Waals surface area contributed by atoms with Crippen LogP contribution in [0.2, 0.25) is 0 Å². The maximum absolute atomic E-state index is 12.6. The lowest BCUT2D eigenvalue weighted by molar-refractivity contribution is -0.0526. The van der Waals surface area contributed by atoms with Crippen LogP contribution in [-0.4, -0.2) is 41.9 Å². The fourth-order valence-corrected chi connectivity index (χ4v) is 2.29. The molecule has 3 rings (SSSR count). The summed E-state index contributed by atoms with van der Waals surface area (Å²) in [5.41, 5.74) is 5.47. The Morgan fingerprint density at radius 2 is 1.93 bits per heavy atom. The predicted octanol–water partition coefficient (Wildman–Crippen LogP) is 2.51. The smallest absolute Gasteiger partial charge is 0.387 e. The van der Waals surface area contributed by atoms with Crippen LogP contribution in [-0.2, 0) is 0 Å². The molecule has 1 amide bonds. The van der Waals surface area contributed by atoms with Crippen molar-refractivity contribution in [3.05, 3.63) is 42.2 Å². The van der Waals surface area contributed by atoms with Crippen molar-refractivity contribution in [2.24, 2.45) is 0 Å². The first-order valence-electron chi connectivity index (χ1n) is 8.03. The average molecular weight is 407 g/mol. The van der Waals surface area contributed by atoms with E-state index < -0.39 is 12.5 Å². The molecule has 0 saturated heterocycles. The fraction of sp³-hybridized carbons (Fsp3) is 0.176. The van der Waals surface area contributed by atoms with Gasteiger partial charge in [0.05, 0.1) is 14.2 Å². The largest absolute Gasteiger partial charge is 0.493 e. The number of benzene rings is 1. The summed E-state index contributed by atoms with van der Waals surface area (Å²) in [5, 5.41) is 3.76. The molecular formula is C17H15F2N5O5. The number of alkyl halides is 2. The summed E-state index contributed by atoms with van der Waals surface area (Å²) in [6.45, 7) is -3.09. The molecule has 0 aliphatic rings. The fourth-order valence-electron chi connectivity index (χ4n) is 2.29. The minimum Gasteiger partial charge on any atom is -0.493 e. The van der Waals surface area contributed by atoms with Crippen molar-refractivity contribution in [1.82, 2.24) is 20.6 Å². The van der Waals surface area contributed by atoms with Crippen LogP contribution in [0, 0.1) is 0 Å². The molecule has 12 heteroatoms. The molecule has 0 bridgehead atoms. The van der Waals surface area contributed by atoms with Gasteiger partial charge in [-0.3, -0.25) is 15.2 Å². The molecule has 0 atom stereocenters. The van der Waals surface area contributed by atoms with Gasteiger partial charge in [0.15, 0.2) is 11.5 Å². The normalized spacial score (nSPS) is 10.5. The van der Waals surface area contributed by atoms with Crippen molar-refractivity contribution in [3.8, 4) is 28.6 Å². The molecule has 2 aromatic heterocycles. The summed E-state index contributed by atoms with van der Waals surface area (Å²) in [6.07, 6.45) is 3.15. The number of anilines is 1.